The number of hydrogen-bond acceptors (Lipinski definition) is 5. The first-order chi connectivity index (χ1) is 8.74. The summed E-state index contributed by atoms with van der Waals surface area (Å²) in [7, 11) is 0. The lowest BCUT2D eigenvalue weighted by Gasteiger charge is -1.99. The van der Waals surface area contributed by atoms with Crippen LogP contribution in [0.1, 0.15) is 0 Å². The zero-order chi connectivity index (χ0) is 12.5. The summed E-state index contributed by atoms with van der Waals surface area (Å²) >= 11 is 5.91. The molecule has 0 radical (unpaired) electrons. The quantitative estimate of drug-likeness (QED) is 0.691. The van der Waals surface area contributed by atoms with Crippen LogP contribution in [0.3, 0.4) is 0 Å². The van der Waals surface area contributed by atoms with E-state index in [0.717, 1.165) is 0 Å². The van der Waals surface area contributed by atoms with Crippen molar-refractivity contribution in [3.63, 3.8) is 0 Å². The summed E-state index contributed by atoms with van der Waals surface area (Å²) in [6.45, 7) is 0. The van der Waals surface area contributed by atoms with Gasteiger partial charge >= 0.3 is 0 Å². The van der Waals surface area contributed by atoms with E-state index < -0.39 is 0 Å². The third-order valence-corrected chi connectivity index (χ3v) is 2.62. The van der Waals surface area contributed by atoms with Gasteiger partial charge in [0.25, 0.3) is 5.89 Å². The fraction of sp³-hybridized carbons (Fsp3) is 0. The molecule has 6 nitrogen and oxygen atoms in total. The number of hydrogen-bond donors (Lipinski definition) is 2. The highest BCUT2D eigenvalue weighted by atomic mass is 35.5. The van der Waals surface area contributed by atoms with Crippen LogP contribution in [0.2, 0.25) is 5.02 Å². The molecule has 3 aromatic rings. The molecule has 0 bridgehead atoms. The number of nitrogens with one attached hydrogen (secondary N) is 1. The van der Waals surface area contributed by atoms with E-state index in [1.807, 2.05) is 0 Å². The second-order valence-corrected chi connectivity index (χ2v) is 4.03. The predicted molar refractivity (Wildman–Crippen MR) is 66.7 cm³/mol. The number of anilines is 1. The Bertz CT molecular complexity index is 677. The van der Waals surface area contributed by atoms with Crippen molar-refractivity contribution in [2.24, 2.45) is 0 Å². The van der Waals surface area contributed by atoms with Crippen LogP contribution >= 0.6 is 11.6 Å². The number of halogens is 1. The number of imidazole rings is 1. The SMILES string of the molecule is Nc1ccc(Cl)cc1-c1nc(-c2ncc[nH]2)no1. The standard InChI is InChI=1S/C11H8ClN5O/c12-6-1-2-8(13)7(5-6)11-16-10(17-18-11)9-14-3-4-15-9/h1-5H,13H2,(H,14,15). The van der Waals surface area contributed by atoms with Crippen molar-refractivity contribution < 1.29 is 4.52 Å². The summed E-state index contributed by atoms with van der Waals surface area (Å²) < 4.78 is 5.15. The van der Waals surface area contributed by atoms with Crippen LogP contribution in [0, 0.1) is 0 Å². The number of aromatic amines is 1. The first-order valence-electron chi connectivity index (χ1n) is 5.13. The van der Waals surface area contributed by atoms with Crippen LogP contribution in [0.5, 0.6) is 0 Å². The molecule has 90 valence electrons. The molecule has 2 heterocycles. The van der Waals surface area contributed by atoms with Gasteiger partial charge in [-0.25, -0.2) is 4.98 Å². The summed E-state index contributed by atoms with van der Waals surface area (Å²) in [6, 6.07) is 5.06. The highest BCUT2D eigenvalue weighted by Gasteiger charge is 2.14. The lowest BCUT2D eigenvalue weighted by molar-refractivity contribution is 0.432. The van der Waals surface area contributed by atoms with Crippen molar-refractivity contribution in [3.05, 3.63) is 35.6 Å². The smallest absolute Gasteiger partial charge is 0.260 e. The van der Waals surface area contributed by atoms with Crippen LogP contribution in [-0.4, -0.2) is 20.1 Å². The van der Waals surface area contributed by atoms with E-state index in [9.17, 15) is 0 Å². The average Bonchev–Trinajstić information content (AvgIpc) is 3.00. The molecule has 0 saturated carbocycles. The lowest BCUT2D eigenvalue weighted by Crippen LogP contribution is -1.90. The Morgan fingerprint density at radius 3 is 3.00 bits per heavy atom. The number of nitrogen functional groups attached to an aromatic ring is 1. The van der Waals surface area contributed by atoms with E-state index in [0.29, 0.717) is 33.8 Å². The molecule has 18 heavy (non-hydrogen) atoms. The van der Waals surface area contributed by atoms with Crippen LogP contribution in [0.15, 0.2) is 35.1 Å². The Morgan fingerprint density at radius 1 is 1.33 bits per heavy atom. The number of aromatic nitrogens is 4. The summed E-state index contributed by atoms with van der Waals surface area (Å²) in [6.07, 6.45) is 3.29. The molecule has 0 spiro atoms. The van der Waals surface area contributed by atoms with Crippen LogP contribution in [0.4, 0.5) is 5.69 Å². The number of benzene rings is 1. The number of rotatable bonds is 2. The van der Waals surface area contributed by atoms with E-state index >= 15 is 0 Å². The van der Waals surface area contributed by atoms with Crippen molar-refractivity contribution >= 4 is 17.3 Å². The van der Waals surface area contributed by atoms with E-state index in [2.05, 4.69) is 20.1 Å². The maximum absolute atomic E-state index is 5.91. The van der Waals surface area contributed by atoms with Crippen LogP contribution in [-0.2, 0) is 0 Å². The van der Waals surface area contributed by atoms with Crippen LogP contribution in [0.25, 0.3) is 23.1 Å². The predicted octanol–water partition coefficient (Wildman–Crippen LogP) is 2.36. The molecule has 3 rings (SSSR count). The summed E-state index contributed by atoms with van der Waals surface area (Å²) in [5, 5.41) is 4.38. The Labute approximate surface area is 107 Å². The van der Waals surface area contributed by atoms with Gasteiger partial charge in [0, 0.05) is 23.1 Å². The first-order valence-corrected chi connectivity index (χ1v) is 5.50. The summed E-state index contributed by atoms with van der Waals surface area (Å²) in [5.74, 6) is 1.21. The Morgan fingerprint density at radius 2 is 2.22 bits per heavy atom. The summed E-state index contributed by atoms with van der Waals surface area (Å²) in [4.78, 5) is 11.1. The molecule has 0 unspecified atom stereocenters. The van der Waals surface area contributed by atoms with E-state index in [4.69, 9.17) is 21.9 Å². The molecule has 0 atom stereocenters. The average molecular weight is 262 g/mol. The minimum Gasteiger partial charge on any atom is -0.398 e. The molecule has 3 N–H and O–H groups in total. The molecule has 0 aliphatic heterocycles. The van der Waals surface area contributed by atoms with Gasteiger partial charge in [-0.05, 0) is 18.2 Å². The fourth-order valence-electron chi connectivity index (χ4n) is 1.53. The second-order valence-electron chi connectivity index (χ2n) is 3.59. The van der Waals surface area contributed by atoms with E-state index in [1.165, 1.54) is 0 Å². The third-order valence-electron chi connectivity index (χ3n) is 2.38. The second kappa shape index (κ2) is 4.15. The van der Waals surface area contributed by atoms with Gasteiger partial charge in [-0.3, -0.25) is 0 Å². The number of nitrogens with zero attached hydrogens (tertiary/aromatic N) is 3. The van der Waals surface area contributed by atoms with E-state index in [-0.39, 0.29) is 0 Å². The largest absolute Gasteiger partial charge is 0.398 e. The van der Waals surface area contributed by atoms with Crippen molar-refractivity contribution in [3.8, 4) is 23.1 Å². The van der Waals surface area contributed by atoms with Crippen molar-refractivity contribution in [1.29, 1.82) is 0 Å². The zero-order valence-corrected chi connectivity index (χ0v) is 9.85. The molecular weight excluding hydrogens is 254 g/mol. The minimum atomic E-state index is 0.307. The highest BCUT2D eigenvalue weighted by Crippen LogP contribution is 2.28. The van der Waals surface area contributed by atoms with Gasteiger partial charge in [0.05, 0.1) is 5.56 Å². The van der Waals surface area contributed by atoms with Gasteiger partial charge in [0.2, 0.25) is 5.82 Å². The minimum absolute atomic E-state index is 0.307. The molecule has 1 aromatic carbocycles. The number of nitrogens with two attached hydrogens (primary N) is 1. The number of H-pyrrole nitrogens is 1. The Kier molecular flexibility index (Phi) is 2.49. The zero-order valence-electron chi connectivity index (χ0n) is 9.09. The topological polar surface area (TPSA) is 93.6 Å². The van der Waals surface area contributed by atoms with Crippen molar-refractivity contribution in [2.75, 3.05) is 5.73 Å². The molecule has 0 fully saturated rings. The molecule has 2 aromatic heterocycles. The molecule has 7 heteroatoms. The normalized spacial score (nSPS) is 10.7. The fourth-order valence-corrected chi connectivity index (χ4v) is 1.70. The van der Waals surface area contributed by atoms with Crippen molar-refractivity contribution in [1.82, 2.24) is 20.1 Å². The van der Waals surface area contributed by atoms with Crippen LogP contribution < -0.4 is 5.73 Å². The molecular formula is C11H8ClN5O. The highest BCUT2D eigenvalue weighted by molar-refractivity contribution is 6.31. The Balaban J connectivity index is 2.05. The first kappa shape index (κ1) is 10.8. The van der Waals surface area contributed by atoms with Gasteiger partial charge in [0.15, 0.2) is 5.82 Å². The molecule has 0 aliphatic carbocycles. The molecule has 0 amide bonds. The molecule has 0 saturated heterocycles. The van der Waals surface area contributed by atoms with Gasteiger partial charge in [-0.15, -0.1) is 0 Å². The monoisotopic (exact) mass is 261 g/mol. The van der Waals surface area contributed by atoms with Gasteiger partial charge in [0.1, 0.15) is 0 Å². The van der Waals surface area contributed by atoms with Gasteiger partial charge < -0.3 is 15.2 Å². The van der Waals surface area contributed by atoms with E-state index in [1.54, 1.807) is 30.6 Å². The lowest BCUT2D eigenvalue weighted by atomic mass is 10.2. The van der Waals surface area contributed by atoms with Crippen molar-refractivity contribution in [2.45, 2.75) is 0 Å². The van der Waals surface area contributed by atoms with Gasteiger partial charge in [-0.2, -0.15) is 4.98 Å². The third kappa shape index (κ3) is 1.82. The maximum Gasteiger partial charge on any atom is 0.260 e. The maximum atomic E-state index is 5.91. The van der Waals surface area contributed by atoms with Gasteiger partial charge in [-0.1, -0.05) is 16.8 Å². The summed E-state index contributed by atoms with van der Waals surface area (Å²) in [5.41, 5.74) is 6.97. The Hall–Kier alpha value is -2.34. The molecule has 0 aliphatic rings.